The molecule has 3 aromatic rings. The van der Waals surface area contributed by atoms with Crippen molar-refractivity contribution >= 4 is 11.0 Å². The van der Waals surface area contributed by atoms with E-state index in [1.165, 1.54) is 0 Å². The smallest absolute Gasteiger partial charge is 0.208 e. The van der Waals surface area contributed by atoms with E-state index >= 15 is 0 Å². The molecule has 0 saturated carbocycles. The van der Waals surface area contributed by atoms with E-state index in [0.717, 1.165) is 34.2 Å². The van der Waals surface area contributed by atoms with Gasteiger partial charge in [-0.2, -0.15) is 0 Å². The maximum Gasteiger partial charge on any atom is 0.208 e. The summed E-state index contributed by atoms with van der Waals surface area (Å²) in [6, 6.07) is 8.14. The molecule has 2 heterocycles. The highest BCUT2D eigenvalue weighted by Gasteiger charge is 2.08. The number of hydrogen-bond donors (Lipinski definition) is 1. The fourth-order valence-electron chi connectivity index (χ4n) is 2.25. The fourth-order valence-corrected chi connectivity index (χ4v) is 2.25. The van der Waals surface area contributed by atoms with Crippen molar-refractivity contribution in [3.05, 3.63) is 47.4 Å². The Morgan fingerprint density at radius 3 is 2.65 bits per heavy atom. The first-order chi connectivity index (χ1) is 9.65. The van der Waals surface area contributed by atoms with E-state index in [1.807, 2.05) is 39.1 Å². The third kappa shape index (κ3) is 2.32. The number of rotatable bonds is 4. The van der Waals surface area contributed by atoms with Gasteiger partial charge in [0.25, 0.3) is 0 Å². The van der Waals surface area contributed by atoms with Crippen LogP contribution in [0.1, 0.15) is 23.2 Å². The Morgan fingerprint density at radius 1 is 1.15 bits per heavy atom. The Labute approximate surface area is 117 Å². The van der Waals surface area contributed by atoms with Gasteiger partial charge in [-0.25, -0.2) is 9.97 Å². The standard InChI is InChI=1S/C15H18N4O/c1-10-11(2)20-15(17-10)9-16-8-14-18-12-6-4-5-7-13(12)19(14)3/h4-7,16H,8-9H2,1-3H3. The molecule has 0 fully saturated rings. The summed E-state index contributed by atoms with van der Waals surface area (Å²) in [7, 11) is 2.03. The summed E-state index contributed by atoms with van der Waals surface area (Å²) in [5, 5.41) is 3.32. The number of nitrogens with one attached hydrogen (secondary N) is 1. The molecular weight excluding hydrogens is 252 g/mol. The number of aryl methyl sites for hydroxylation is 3. The van der Waals surface area contributed by atoms with Gasteiger partial charge in [-0.15, -0.1) is 0 Å². The summed E-state index contributed by atoms with van der Waals surface area (Å²) in [4.78, 5) is 8.97. The first-order valence-electron chi connectivity index (χ1n) is 6.69. The number of fused-ring (bicyclic) bond motifs is 1. The van der Waals surface area contributed by atoms with E-state index in [9.17, 15) is 0 Å². The summed E-state index contributed by atoms with van der Waals surface area (Å²) in [6.07, 6.45) is 0. The first-order valence-corrected chi connectivity index (χ1v) is 6.69. The summed E-state index contributed by atoms with van der Waals surface area (Å²) in [5.74, 6) is 2.61. The SMILES string of the molecule is Cc1nc(CNCc2nc3ccccc3n2C)oc1C. The number of oxazole rings is 1. The highest BCUT2D eigenvalue weighted by molar-refractivity contribution is 5.75. The third-order valence-electron chi connectivity index (χ3n) is 3.51. The molecule has 20 heavy (non-hydrogen) atoms. The number of aromatic nitrogens is 3. The van der Waals surface area contributed by atoms with Gasteiger partial charge in [0.05, 0.1) is 29.8 Å². The van der Waals surface area contributed by atoms with Crippen LogP contribution in [0.25, 0.3) is 11.0 Å². The van der Waals surface area contributed by atoms with Crippen molar-refractivity contribution in [2.24, 2.45) is 7.05 Å². The number of nitrogens with zero attached hydrogens (tertiary/aromatic N) is 3. The van der Waals surface area contributed by atoms with Crippen LogP contribution < -0.4 is 5.32 Å². The second-order valence-corrected chi connectivity index (χ2v) is 4.93. The second kappa shape index (κ2) is 5.09. The van der Waals surface area contributed by atoms with Gasteiger partial charge >= 0.3 is 0 Å². The van der Waals surface area contributed by atoms with Gasteiger partial charge in [0, 0.05) is 7.05 Å². The lowest BCUT2D eigenvalue weighted by atomic mass is 10.3. The molecule has 0 unspecified atom stereocenters. The van der Waals surface area contributed by atoms with E-state index in [4.69, 9.17) is 4.42 Å². The Morgan fingerprint density at radius 2 is 1.95 bits per heavy atom. The summed E-state index contributed by atoms with van der Waals surface area (Å²) < 4.78 is 7.65. The zero-order valence-corrected chi connectivity index (χ0v) is 12.0. The van der Waals surface area contributed by atoms with Gasteiger partial charge in [0.2, 0.25) is 5.89 Å². The molecule has 3 rings (SSSR count). The average molecular weight is 270 g/mol. The Hall–Kier alpha value is -2.14. The summed E-state index contributed by atoms with van der Waals surface area (Å²) in [6.45, 7) is 5.18. The lowest BCUT2D eigenvalue weighted by molar-refractivity contribution is 0.446. The molecule has 0 atom stereocenters. The van der Waals surface area contributed by atoms with Crippen LogP contribution in [0, 0.1) is 13.8 Å². The van der Waals surface area contributed by atoms with Gasteiger partial charge in [0.15, 0.2) is 0 Å². The molecule has 1 N–H and O–H groups in total. The number of benzene rings is 1. The minimum Gasteiger partial charge on any atom is -0.444 e. The van der Waals surface area contributed by atoms with E-state index in [1.54, 1.807) is 0 Å². The molecule has 0 bridgehead atoms. The monoisotopic (exact) mass is 270 g/mol. The van der Waals surface area contributed by atoms with E-state index in [2.05, 4.69) is 25.9 Å². The minimum atomic E-state index is 0.609. The van der Waals surface area contributed by atoms with Crippen LogP contribution in [0.2, 0.25) is 0 Å². The number of imidazole rings is 1. The minimum absolute atomic E-state index is 0.609. The van der Waals surface area contributed by atoms with Crippen molar-refractivity contribution < 1.29 is 4.42 Å². The van der Waals surface area contributed by atoms with Crippen LogP contribution in [-0.2, 0) is 20.1 Å². The number of para-hydroxylation sites is 2. The lowest BCUT2D eigenvalue weighted by Crippen LogP contribution is -2.16. The molecule has 5 heteroatoms. The Bertz CT molecular complexity index is 722. The first kappa shape index (κ1) is 12.9. The normalized spacial score (nSPS) is 11.3. The molecular formula is C15H18N4O. The lowest BCUT2D eigenvalue weighted by Gasteiger charge is -2.03. The molecule has 0 amide bonds. The molecule has 0 aliphatic heterocycles. The maximum absolute atomic E-state index is 5.54. The van der Waals surface area contributed by atoms with Crippen LogP contribution in [0.3, 0.4) is 0 Å². The predicted molar refractivity (Wildman–Crippen MR) is 77.2 cm³/mol. The predicted octanol–water partition coefficient (Wildman–Crippen LogP) is 2.47. The zero-order valence-electron chi connectivity index (χ0n) is 12.0. The van der Waals surface area contributed by atoms with Crippen molar-refractivity contribution in [2.45, 2.75) is 26.9 Å². The van der Waals surface area contributed by atoms with Gasteiger partial charge in [-0.3, -0.25) is 0 Å². The molecule has 1 aromatic carbocycles. The quantitative estimate of drug-likeness (QED) is 0.791. The van der Waals surface area contributed by atoms with Crippen LogP contribution >= 0.6 is 0 Å². The van der Waals surface area contributed by atoms with Crippen molar-refractivity contribution in [2.75, 3.05) is 0 Å². The van der Waals surface area contributed by atoms with Crippen LogP contribution in [-0.4, -0.2) is 14.5 Å². The molecule has 0 radical (unpaired) electrons. The van der Waals surface area contributed by atoms with Gasteiger partial charge in [-0.1, -0.05) is 12.1 Å². The fraction of sp³-hybridized carbons (Fsp3) is 0.333. The van der Waals surface area contributed by atoms with Crippen molar-refractivity contribution in [1.29, 1.82) is 0 Å². The average Bonchev–Trinajstić information content (AvgIpc) is 2.92. The van der Waals surface area contributed by atoms with Gasteiger partial charge < -0.3 is 14.3 Å². The molecule has 0 spiro atoms. The summed E-state index contributed by atoms with van der Waals surface area (Å²) in [5.41, 5.74) is 3.12. The van der Waals surface area contributed by atoms with E-state index < -0.39 is 0 Å². The highest BCUT2D eigenvalue weighted by atomic mass is 16.4. The zero-order chi connectivity index (χ0) is 14.1. The summed E-state index contributed by atoms with van der Waals surface area (Å²) >= 11 is 0. The molecule has 0 aliphatic carbocycles. The van der Waals surface area contributed by atoms with Crippen molar-refractivity contribution in [3.8, 4) is 0 Å². The number of hydrogen-bond acceptors (Lipinski definition) is 4. The van der Waals surface area contributed by atoms with Crippen LogP contribution in [0.5, 0.6) is 0 Å². The van der Waals surface area contributed by atoms with Crippen LogP contribution in [0.4, 0.5) is 0 Å². The third-order valence-corrected chi connectivity index (χ3v) is 3.51. The largest absolute Gasteiger partial charge is 0.444 e. The Balaban J connectivity index is 1.69. The van der Waals surface area contributed by atoms with Crippen molar-refractivity contribution in [1.82, 2.24) is 19.9 Å². The van der Waals surface area contributed by atoms with Crippen LogP contribution in [0.15, 0.2) is 28.7 Å². The molecule has 2 aromatic heterocycles. The van der Waals surface area contributed by atoms with E-state index in [-0.39, 0.29) is 0 Å². The van der Waals surface area contributed by atoms with Gasteiger partial charge in [0.1, 0.15) is 11.6 Å². The maximum atomic E-state index is 5.54. The van der Waals surface area contributed by atoms with E-state index in [0.29, 0.717) is 13.1 Å². The molecule has 0 aliphatic rings. The van der Waals surface area contributed by atoms with Gasteiger partial charge in [-0.05, 0) is 26.0 Å². The highest BCUT2D eigenvalue weighted by Crippen LogP contribution is 2.14. The van der Waals surface area contributed by atoms with Crippen molar-refractivity contribution in [3.63, 3.8) is 0 Å². The topological polar surface area (TPSA) is 55.9 Å². The Kier molecular flexibility index (Phi) is 3.28. The second-order valence-electron chi connectivity index (χ2n) is 4.93. The molecule has 104 valence electrons. The molecule has 5 nitrogen and oxygen atoms in total. The molecule has 0 saturated heterocycles.